The van der Waals surface area contributed by atoms with Crippen LogP contribution in [0.1, 0.15) is 48.3 Å². The second-order valence-corrected chi connectivity index (χ2v) is 7.28. The maximum absolute atomic E-state index is 12.5. The van der Waals surface area contributed by atoms with E-state index >= 15 is 0 Å². The van der Waals surface area contributed by atoms with E-state index in [0.717, 1.165) is 18.7 Å². The van der Waals surface area contributed by atoms with Crippen LogP contribution in [0.15, 0.2) is 35.5 Å². The molecule has 1 aliphatic rings. The normalized spacial score (nSPS) is 15.2. The van der Waals surface area contributed by atoms with Gasteiger partial charge in [0.1, 0.15) is 5.82 Å². The Morgan fingerprint density at radius 1 is 1.29 bits per heavy atom. The molecule has 1 aromatic carbocycles. The minimum absolute atomic E-state index is 0.0537. The number of Topliss-reactive ketones (excluding diaryl/α,β-unsaturated/α-hetero) is 1. The number of primary amides is 1. The van der Waals surface area contributed by atoms with E-state index in [2.05, 4.69) is 10.2 Å². The fourth-order valence-electron chi connectivity index (χ4n) is 2.51. The molecule has 126 valence electrons. The number of amides is 1. The number of ketones is 1. The molecule has 1 amide bonds. The Labute approximate surface area is 144 Å². The lowest BCUT2D eigenvalue weighted by Gasteiger charge is -2.12. The number of aromatic nitrogens is 3. The van der Waals surface area contributed by atoms with Crippen LogP contribution in [0.25, 0.3) is 0 Å². The van der Waals surface area contributed by atoms with E-state index in [9.17, 15) is 9.59 Å². The number of carbonyl (C=O) groups is 2. The minimum Gasteiger partial charge on any atom is -0.370 e. The molecule has 1 aromatic heterocycles. The number of rotatable bonds is 8. The lowest BCUT2D eigenvalue weighted by atomic mass is 10.1. The topological polar surface area (TPSA) is 90.9 Å². The zero-order valence-electron chi connectivity index (χ0n) is 13.5. The van der Waals surface area contributed by atoms with E-state index < -0.39 is 0 Å². The summed E-state index contributed by atoms with van der Waals surface area (Å²) in [6.07, 6.45) is 2.43. The molecule has 0 bridgehead atoms. The van der Waals surface area contributed by atoms with Crippen molar-refractivity contribution in [3.05, 3.63) is 41.7 Å². The molecule has 6 nitrogen and oxygen atoms in total. The van der Waals surface area contributed by atoms with Crippen molar-refractivity contribution in [2.45, 2.75) is 49.1 Å². The highest BCUT2D eigenvalue weighted by Gasteiger charge is 2.31. The molecule has 1 fully saturated rings. The van der Waals surface area contributed by atoms with Gasteiger partial charge in [-0.25, -0.2) is 0 Å². The fraction of sp³-hybridized carbons (Fsp3) is 0.412. The first-order valence-electron chi connectivity index (χ1n) is 8.03. The van der Waals surface area contributed by atoms with E-state index in [1.54, 1.807) is 0 Å². The number of benzene rings is 1. The highest BCUT2D eigenvalue weighted by atomic mass is 32.2. The molecular weight excluding hydrogens is 324 g/mol. The van der Waals surface area contributed by atoms with Crippen LogP contribution in [-0.4, -0.2) is 31.7 Å². The van der Waals surface area contributed by atoms with Crippen LogP contribution in [0.5, 0.6) is 0 Å². The molecule has 2 aromatic rings. The standard InChI is InChI=1S/C17H20N4O2S/c1-11(15(23)12-5-3-2-4-6-12)24-17-20-19-16(13-7-8-13)21(17)10-9-14(18)22/h2-6,11,13H,7-10H2,1H3,(H2,18,22). The molecule has 3 rings (SSSR count). The van der Waals surface area contributed by atoms with Crippen molar-refractivity contribution in [2.75, 3.05) is 0 Å². The Morgan fingerprint density at radius 2 is 2.00 bits per heavy atom. The van der Waals surface area contributed by atoms with Crippen molar-refractivity contribution in [3.8, 4) is 0 Å². The van der Waals surface area contributed by atoms with Crippen molar-refractivity contribution < 1.29 is 9.59 Å². The van der Waals surface area contributed by atoms with E-state index in [-0.39, 0.29) is 23.4 Å². The first-order chi connectivity index (χ1) is 11.6. The number of carbonyl (C=O) groups excluding carboxylic acids is 2. The van der Waals surface area contributed by atoms with Gasteiger partial charge in [-0.05, 0) is 19.8 Å². The number of thioether (sulfide) groups is 1. The van der Waals surface area contributed by atoms with Gasteiger partial charge in [0.15, 0.2) is 10.9 Å². The van der Waals surface area contributed by atoms with Crippen molar-refractivity contribution >= 4 is 23.5 Å². The molecule has 7 heteroatoms. The summed E-state index contributed by atoms with van der Waals surface area (Å²) in [5.74, 6) is 1.02. The van der Waals surface area contributed by atoms with Crippen LogP contribution in [0.4, 0.5) is 0 Å². The van der Waals surface area contributed by atoms with Crippen LogP contribution in [0.2, 0.25) is 0 Å². The van der Waals surface area contributed by atoms with Gasteiger partial charge < -0.3 is 10.3 Å². The molecule has 0 saturated heterocycles. The summed E-state index contributed by atoms with van der Waals surface area (Å²) in [6.45, 7) is 2.33. The molecule has 1 atom stereocenters. The summed E-state index contributed by atoms with van der Waals surface area (Å²) in [6, 6.07) is 9.22. The van der Waals surface area contributed by atoms with Gasteiger partial charge in [-0.1, -0.05) is 42.1 Å². The molecule has 0 spiro atoms. The second-order valence-electron chi connectivity index (χ2n) is 5.97. The summed E-state index contributed by atoms with van der Waals surface area (Å²) in [7, 11) is 0. The van der Waals surface area contributed by atoms with Crippen molar-refractivity contribution in [1.82, 2.24) is 14.8 Å². The molecule has 2 N–H and O–H groups in total. The maximum atomic E-state index is 12.5. The predicted octanol–water partition coefficient (Wildman–Crippen LogP) is 2.39. The summed E-state index contributed by atoms with van der Waals surface area (Å²) >= 11 is 1.38. The van der Waals surface area contributed by atoms with Gasteiger partial charge in [0.25, 0.3) is 0 Å². The first-order valence-corrected chi connectivity index (χ1v) is 8.91. The van der Waals surface area contributed by atoms with Gasteiger partial charge in [0, 0.05) is 24.4 Å². The Kier molecular flexibility index (Phi) is 4.99. The highest BCUT2D eigenvalue weighted by Crippen LogP contribution is 2.40. The predicted molar refractivity (Wildman–Crippen MR) is 91.9 cm³/mol. The third-order valence-electron chi connectivity index (χ3n) is 3.98. The van der Waals surface area contributed by atoms with E-state index in [0.29, 0.717) is 23.2 Å². The van der Waals surface area contributed by atoms with Crippen LogP contribution in [-0.2, 0) is 11.3 Å². The second kappa shape index (κ2) is 7.17. The van der Waals surface area contributed by atoms with Gasteiger partial charge in [-0.2, -0.15) is 0 Å². The molecule has 1 unspecified atom stereocenters. The molecule has 0 radical (unpaired) electrons. The average molecular weight is 344 g/mol. The van der Waals surface area contributed by atoms with Crippen LogP contribution in [0, 0.1) is 0 Å². The van der Waals surface area contributed by atoms with Gasteiger partial charge in [0.2, 0.25) is 5.91 Å². The zero-order valence-corrected chi connectivity index (χ0v) is 14.3. The van der Waals surface area contributed by atoms with Gasteiger partial charge in [-0.3, -0.25) is 9.59 Å². The lowest BCUT2D eigenvalue weighted by Crippen LogP contribution is -2.17. The van der Waals surface area contributed by atoms with E-state index in [1.165, 1.54) is 11.8 Å². The van der Waals surface area contributed by atoms with Crippen LogP contribution < -0.4 is 5.73 Å². The molecule has 1 saturated carbocycles. The first kappa shape index (κ1) is 16.7. The molecule has 0 aliphatic heterocycles. The van der Waals surface area contributed by atoms with Crippen LogP contribution >= 0.6 is 11.8 Å². The van der Waals surface area contributed by atoms with E-state index in [4.69, 9.17) is 5.73 Å². The molecular formula is C17H20N4O2S. The summed E-state index contributed by atoms with van der Waals surface area (Å²) in [5.41, 5.74) is 5.96. The Hall–Kier alpha value is -2.15. The minimum atomic E-state index is -0.352. The molecule has 1 heterocycles. The SMILES string of the molecule is CC(Sc1nnc(C2CC2)n1CCC(N)=O)C(=O)c1ccccc1. The zero-order chi connectivity index (χ0) is 17.1. The Morgan fingerprint density at radius 3 is 2.62 bits per heavy atom. The summed E-state index contributed by atoms with van der Waals surface area (Å²) in [4.78, 5) is 23.7. The van der Waals surface area contributed by atoms with Gasteiger partial charge in [-0.15, -0.1) is 10.2 Å². The lowest BCUT2D eigenvalue weighted by molar-refractivity contribution is -0.118. The van der Waals surface area contributed by atoms with Gasteiger partial charge in [0.05, 0.1) is 5.25 Å². The smallest absolute Gasteiger partial charge is 0.219 e. The monoisotopic (exact) mass is 344 g/mol. The van der Waals surface area contributed by atoms with E-state index in [1.807, 2.05) is 41.8 Å². The van der Waals surface area contributed by atoms with Gasteiger partial charge >= 0.3 is 0 Å². The molecule has 1 aliphatic carbocycles. The van der Waals surface area contributed by atoms with Crippen molar-refractivity contribution in [2.24, 2.45) is 5.73 Å². The Bertz CT molecular complexity index is 740. The van der Waals surface area contributed by atoms with Crippen molar-refractivity contribution in [3.63, 3.8) is 0 Å². The third-order valence-corrected chi connectivity index (χ3v) is 5.06. The van der Waals surface area contributed by atoms with Crippen LogP contribution in [0.3, 0.4) is 0 Å². The summed E-state index contributed by atoms with van der Waals surface area (Å²) in [5, 5.41) is 8.91. The number of hydrogen-bond acceptors (Lipinski definition) is 5. The number of nitrogens with zero attached hydrogens (tertiary/aromatic N) is 3. The Balaban J connectivity index is 1.76. The fourth-order valence-corrected chi connectivity index (χ4v) is 3.47. The van der Waals surface area contributed by atoms with Crippen molar-refractivity contribution in [1.29, 1.82) is 0 Å². The third kappa shape index (κ3) is 3.84. The molecule has 24 heavy (non-hydrogen) atoms. The average Bonchev–Trinajstić information content (AvgIpc) is 3.35. The summed E-state index contributed by atoms with van der Waals surface area (Å²) < 4.78 is 1.95. The largest absolute Gasteiger partial charge is 0.370 e. The highest BCUT2D eigenvalue weighted by molar-refractivity contribution is 8.00. The quantitative estimate of drug-likeness (QED) is 0.586. The maximum Gasteiger partial charge on any atom is 0.219 e. The number of nitrogens with two attached hydrogens (primary N) is 1. The number of hydrogen-bond donors (Lipinski definition) is 1.